The molecule has 0 radical (unpaired) electrons. The number of carbonyl (C=O) groups excluding carboxylic acids is 1. The van der Waals surface area contributed by atoms with E-state index in [4.69, 9.17) is 0 Å². The molecule has 2 N–H and O–H groups in total. The fraction of sp³-hybridized carbons (Fsp3) is 0.105. The average Bonchev–Trinajstić information content (AvgIpc) is 3.24. The van der Waals surface area contributed by atoms with Crippen LogP contribution in [0.1, 0.15) is 5.01 Å². The van der Waals surface area contributed by atoms with Crippen molar-refractivity contribution in [2.45, 2.75) is 11.8 Å². The second kappa shape index (κ2) is 7.31. The van der Waals surface area contributed by atoms with Gasteiger partial charge in [0, 0.05) is 15.8 Å². The summed E-state index contributed by atoms with van der Waals surface area (Å²) in [7, 11) is 0. The number of hydrogen-bond acceptors (Lipinski definition) is 5. The van der Waals surface area contributed by atoms with Gasteiger partial charge in [-0.25, -0.2) is 0 Å². The molecule has 0 saturated heterocycles. The summed E-state index contributed by atoms with van der Waals surface area (Å²) in [5.41, 5.74) is 3.21. The van der Waals surface area contributed by atoms with Crippen LogP contribution in [0.15, 0.2) is 59.5 Å². The van der Waals surface area contributed by atoms with Gasteiger partial charge in [0.1, 0.15) is 5.01 Å². The number of H-pyrrole nitrogens is 1. The van der Waals surface area contributed by atoms with Crippen molar-refractivity contribution in [2.75, 3.05) is 11.1 Å². The third-order valence-corrected chi connectivity index (χ3v) is 5.71. The van der Waals surface area contributed by atoms with Crippen molar-refractivity contribution in [3.8, 4) is 11.3 Å². The second-order valence-corrected chi connectivity index (χ2v) is 7.87. The normalized spacial score (nSPS) is 11.0. The zero-order chi connectivity index (χ0) is 17.9. The highest BCUT2D eigenvalue weighted by Gasteiger charge is 2.15. The molecule has 0 unspecified atom stereocenters. The summed E-state index contributed by atoms with van der Waals surface area (Å²) in [5.74, 6) is 0.218. The van der Waals surface area contributed by atoms with Crippen LogP contribution in [0.2, 0.25) is 0 Å². The minimum absolute atomic E-state index is 0.0876. The first-order valence-corrected chi connectivity index (χ1v) is 9.90. The SMILES string of the molecule is Cc1nnc(NC(=O)CSc2c(-c3ccccc3)[nH]c3ccccc23)s1. The van der Waals surface area contributed by atoms with Crippen molar-refractivity contribution in [3.05, 3.63) is 59.6 Å². The maximum atomic E-state index is 12.3. The van der Waals surface area contributed by atoms with Crippen LogP contribution >= 0.6 is 23.1 Å². The Bertz CT molecular complexity index is 1060. The molecule has 2 aromatic heterocycles. The molecular formula is C19H16N4OS2. The number of aromatic amines is 1. The second-order valence-electron chi connectivity index (χ2n) is 5.70. The lowest BCUT2D eigenvalue weighted by molar-refractivity contribution is -0.113. The number of aromatic nitrogens is 3. The van der Waals surface area contributed by atoms with E-state index in [0.29, 0.717) is 10.9 Å². The van der Waals surface area contributed by atoms with Gasteiger partial charge < -0.3 is 4.98 Å². The average molecular weight is 380 g/mol. The van der Waals surface area contributed by atoms with E-state index >= 15 is 0 Å². The molecule has 0 spiro atoms. The summed E-state index contributed by atoms with van der Waals surface area (Å²) < 4.78 is 0. The maximum absolute atomic E-state index is 12.3. The number of amides is 1. The summed E-state index contributed by atoms with van der Waals surface area (Å²) >= 11 is 2.90. The number of anilines is 1. The van der Waals surface area contributed by atoms with E-state index in [0.717, 1.165) is 32.1 Å². The first-order valence-electron chi connectivity index (χ1n) is 8.09. The van der Waals surface area contributed by atoms with Crippen LogP contribution in [-0.4, -0.2) is 26.8 Å². The number of aryl methyl sites for hydroxylation is 1. The monoisotopic (exact) mass is 380 g/mol. The Hall–Kier alpha value is -2.64. The minimum Gasteiger partial charge on any atom is -0.354 e. The molecule has 5 nitrogen and oxygen atoms in total. The summed E-state index contributed by atoms with van der Waals surface area (Å²) in [5, 5.41) is 13.1. The molecule has 2 heterocycles. The number of hydrogen-bond donors (Lipinski definition) is 2. The van der Waals surface area contributed by atoms with Crippen LogP contribution in [0.25, 0.3) is 22.2 Å². The molecule has 0 aliphatic carbocycles. The van der Waals surface area contributed by atoms with E-state index in [2.05, 4.69) is 44.8 Å². The summed E-state index contributed by atoms with van der Waals surface area (Å²) in [4.78, 5) is 16.9. The Balaban J connectivity index is 1.60. The van der Waals surface area contributed by atoms with E-state index in [1.807, 2.05) is 37.3 Å². The van der Waals surface area contributed by atoms with Gasteiger partial charge in [0.15, 0.2) is 0 Å². The molecule has 26 heavy (non-hydrogen) atoms. The number of rotatable bonds is 5. The zero-order valence-corrected chi connectivity index (χ0v) is 15.7. The van der Waals surface area contributed by atoms with Gasteiger partial charge in [-0.3, -0.25) is 10.1 Å². The third kappa shape index (κ3) is 3.49. The molecule has 1 amide bonds. The number of thioether (sulfide) groups is 1. The molecule has 0 bridgehead atoms. The number of carbonyl (C=O) groups is 1. The van der Waals surface area contributed by atoms with Crippen LogP contribution in [0.3, 0.4) is 0 Å². The smallest absolute Gasteiger partial charge is 0.236 e. The predicted molar refractivity (Wildman–Crippen MR) is 108 cm³/mol. The Labute approximate surface area is 158 Å². The summed E-state index contributed by atoms with van der Waals surface area (Å²) in [6.45, 7) is 1.86. The van der Waals surface area contributed by atoms with Crippen molar-refractivity contribution in [1.82, 2.24) is 15.2 Å². The maximum Gasteiger partial charge on any atom is 0.236 e. The van der Waals surface area contributed by atoms with Crippen molar-refractivity contribution < 1.29 is 4.79 Å². The fourth-order valence-corrected chi connectivity index (χ4v) is 4.32. The quantitative estimate of drug-likeness (QED) is 0.491. The van der Waals surface area contributed by atoms with E-state index in [-0.39, 0.29) is 5.91 Å². The topological polar surface area (TPSA) is 70.7 Å². The predicted octanol–water partition coefficient (Wildman–Crippen LogP) is 4.73. The van der Waals surface area contributed by atoms with Gasteiger partial charge in [0.25, 0.3) is 0 Å². The Morgan fingerprint density at radius 1 is 1.12 bits per heavy atom. The highest BCUT2D eigenvalue weighted by atomic mass is 32.2. The van der Waals surface area contributed by atoms with E-state index < -0.39 is 0 Å². The molecule has 0 aliphatic rings. The molecular weight excluding hydrogens is 364 g/mol. The van der Waals surface area contributed by atoms with Crippen LogP contribution < -0.4 is 5.32 Å². The highest BCUT2D eigenvalue weighted by molar-refractivity contribution is 8.00. The van der Waals surface area contributed by atoms with Gasteiger partial charge in [-0.05, 0) is 18.6 Å². The molecule has 0 fully saturated rings. The number of nitrogens with zero attached hydrogens (tertiary/aromatic N) is 2. The van der Waals surface area contributed by atoms with Gasteiger partial charge in [0.2, 0.25) is 11.0 Å². The first-order chi connectivity index (χ1) is 12.7. The lowest BCUT2D eigenvalue weighted by atomic mass is 10.1. The molecule has 0 atom stereocenters. The van der Waals surface area contributed by atoms with Gasteiger partial charge in [-0.1, -0.05) is 59.9 Å². The zero-order valence-electron chi connectivity index (χ0n) is 14.0. The van der Waals surface area contributed by atoms with Crippen molar-refractivity contribution in [1.29, 1.82) is 0 Å². The van der Waals surface area contributed by atoms with E-state index in [1.54, 1.807) is 0 Å². The van der Waals surface area contributed by atoms with E-state index in [9.17, 15) is 4.79 Å². The largest absolute Gasteiger partial charge is 0.354 e. The highest BCUT2D eigenvalue weighted by Crippen LogP contribution is 2.37. The summed E-state index contributed by atoms with van der Waals surface area (Å²) in [6, 6.07) is 18.3. The van der Waals surface area contributed by atoms with Gasteiger partial charge in [0.05, 0.1) is 11.4 Å². The Morgan fingerprint density at radius 2 is 1.88 bits per heavy atom. The number of para-hydroxylation sites is 1. The molecule has 4 rings (SSSR count). The first kappa shape index (κ1) is 16.8. The lowest BCUT2D eigenvalue weighted by Gasteiger charge is -2.05. The van der Waals surface area contributed by atoms with Crippen molar-refractivity contribution in [3.63, 3.8) is 0 Å². The van der Waals surface area contributed by atoms with Crippen LogP contribution in [0.5, 0.6) is 0 Å². The van der Waals surface area contributed by atoms with Gasteiger partial charge >= 0.3 is 0 Å². The molecule has 4 aromatic rings. The number of nitrogens with one attached hydrogen (secondary N) is 2. The standard InChI is InChI=1S/C19H16N4OS2/c1-12-22-23-19(26-12)21-16(24)11-25-18-14-9-5-6-10-15(14)20-17(18)13-7-3-2-4-8-13/h2-10,20H,11H2,1H3,(H,21,23,24). The minimum atomic E-state index is -0.0876. The molecule has 2 aromatic carbocycles. The van der Waals surface area contributed by atoms with Crippen LogP contribution in [0, 0.1) is 6.92 Å². The number of benzene rings is 2. The third-order valence-electron chi connectivity index (χ3n) is 3.84. The van der Waals surface area contributed by atoms with Crippen LogP contribution in [0.4, 0.5) is 5.13 Å². The van der Waals surface area contributed by atoms with Gasteiger partial charge in [-0.15, -0.1) is 22.0 Å². The Kier molecular flexibility index (Phi) is 4.73. The Morgan fingerprint density at radius 3 is 2.65 bits per heavy atom. The van der Waals surface area contributed by atoms with Crippen LogP contribution in [-0.2, 0) is 4.79 Å². The molecule has 7 heteroatoms. The molecule has 0 saturated carbocycles. The molecule has 0 aliphatic heterocycles. The summed E-state index contributed by atoms with van der Waals surface area (Å²) in [6.07, 6.45) is 0. The van der Waals surface area contributed by atoms with Crippen molar-refractivity contribution in [2.24, 2.45) is 0 Å². The lowest BCUT2D eigenvalue weighted by Crippen LogP contribution is -2.13. The van der Waals surface area contributed by atoms with E-state index in [1.165, 1.54) is 23.1 Å². The van der Waals surface area contributed by atoms with Crippen molar-refractivity contribution >= 4 is 45.0 Å². The molecule has 130 valence electrons. The van der Waals surface area contributed by atoms with Gasteiger partial charge in [-0.2, -0.15) is 0 Å². The number of fused-ring (bicyclic) bond motifs is 1. The fourth-order valence-electron chi connectivity index (χ4n) is 2.71.